The average Bonchev–Trinajstić information content (AvgIpc) is 3.45. The van der Waals surface area contributed by atoms with Gasteiger partial charge in [-0.3, -0.25) is 9.69 Å². The minimum atomic E-state index is -0.378. The lowest BCUT2D eigenvalue weighted by molar-refractivity contribution is 0.0827. The first-order chi connectivity index (χ1) is 21.3. The van der Waals surface area contributed by atoms with E-state index in [0.717, 1.165) is 62.7 Å². The van der Waals surface area contributed by atoms with Crippen molar-refractivity contribution in [2.45, 2.75) is 6.54 Å². The summed E-state index contributed by atoms with van der Waals surface area (Å²) in [5, 5.41) is 10.6. The van der Waals surface area contributed by atoms with Crippen LogP contribution < -0.4 is 15.5 Å². The highest BCUT2D eigenvalue weighted by Gasteiger charge is 2.21. The third-order valence-corrected chi connectivity index (χ3v) is 8.01. The fraction of sp³-hybridized carbons (Fsp3) is 0.375. The lowest BCUT2D eigenvalue weighted by atomic mass is 10.2. The van der Waals surface area contributed by atoms with Gasteiger partial charge in [-0.15, -0.1) is 5.10 Å². The summed E-state index contributed by atoms with van der Waals surface area (Å²) in [5.74, 6) is 1.43. The number of hydrogen-bond donors (Lipinski definition) is 2. The number of rotatable bonds is 7. The van der Waals surface area contributed by atoms with Crippen molar-refractivity contribution in [1.29, 1.82) is 0 Å². The monoisotopic (exact) mass is 597 g/mol. The number of benzene rings is 2. The largest absolute Gasteiger partial charge is 0.378 e. The van der Waals surface area contributed by atoms with E-state index in [1.165, 1.54) is 10.5 Å². The predicted octanol–water partition coefficient (Wildman–Crippen LogP) is 3.33. The second-order valence-electron chi connectivity index (χ2n) is 11.5. The minimum absolute atomic E-state index is 0.0934. The number of carbonyl (C=O) groups excluding carboxylic acids is 2. The summed E-state index contributed by atoms with van der Waals surface area (Å²) in [4.78, 5) is 38.4. The molecule has 2 saturated heterocycles. The molecule has 2 aliphatic rings. The van der Waals surface area contributed by atoms with Crippen LogP contribution in [0.1, 0.15) is 15.9 Å². The Hall–Kier alpha value is -4.52. The highest BCUT2D eigenvalue weighted by Crippen LogP contribution is 2.27. The molecule has 0 unspecified atom stereocenters. The van der Waals surface area contributed by atoms with Gasteiger partial charge < -0.3 is 30.1 Å². The van der Waals surface area contributed by atoms with Gasteiger partial charge in [0.2, 0.25) is 0 Å². The van der Waals surface area contributed by atoms with Crippen LogP contribution in [0.15, 0.2) is 60.8 Å². The molecule has 12 nitrogen and oxygen atoms in total. The normalized spacial score (nSPS) is 16.2. The van der Waals surface area contributed by atoms with E-state index in [-0.39, 0.29) is 11.9 Å². The number of carbonyl (C=O) groups is 2. The molecular weight excluding hydrogens is 558 g/mol. The number of piperazine rings is 1. The summed E-state index contributed by atoms with van der Waals surface area (Å²) in [7, 11) is 5.57. The zero-order valence-corrected chi connectivity index (χ0v) is 25.5. The Bertz CT molecular complexity index is 1600. The number of amides is 3. The molecule has 4 aromatic rings. The van der Waals surface area contributed by atoms with Gasteiger partial charge in [-0.05, 0) is 67.2 Å². The predicted molar refractivity (Wildman–Crippen MR) is 171 cm³/mol. The van der Waals surface area contributed by atoms with Crippen LogP contribution >= 0.6 is 0 Å². The molecule has 44 heavy (non-hydrogen) atoms. The third kappa shape index (κ3) is 6.83. The van der Waals surface area contributed by atoms with Gasteiger partial charge >= 0.3 is 6.03 Å². The second-order valence-corrected chi connectivity index (χ2v) is 11.5. The number of nitrogens with one attached hydrogen (secondary N) is 2. The van der Waals surface area contributed by atoms with Crippen molar-refractivity contribution in [2.75, 3.05) is 89.2 Å². The van der Waals surface area contributed by atoms with Crippen molar-refractivity contribution < 1.29 is 14.3 Å². The highest BCUT2D eigenvalue weighted by atomic mass is 16.5. The van der Waals surface area contributed by atoms with E-state index < -0.39 is 0 Å². The first-order valence-corrected chi connectivity index (χ1v) is 15.0. The average molecular weight is 598 g/mol. The second kappa shape index (κ2) is 13.0. The molecule has 6 rings (SSSR count). The van der Waals surface area contributed by atoms with E-state index in [2.05, 4.69) is 44.6 Å². The Balaban J connectivity index is 1.18. The standard InChI is InChI=1S/C32H39N9O3/c1-37(2)31(42)25-6-10-27(11-7-25)34-32(43)33-26-8-4-24(5-9-26)29-35-30(40-16-18-44-19-17-40)28-20-23(22-41(28)36-29)21-39-14-12-38(3)13-15-39/h4-11,20,22H,12-19,21H2,1-3H3,(H2,33,34,43). The van der Waals surface area contributed by atoms with Crippen LogP contribution in [0.25, 0.3) is 16.9 Å². The van der Waals surface area contributed by atoms with Gasteiger partial charge in [0.15, 0.2) is 11.6 Å². The van der Waals surface area contributed by atoms with Gasteiger partial charge in [0.1, 0.15) is 5.52 Å². The zero-order chi connectivity index (χ0) is 30.6. The van der Waals surface area contributed by atoms with Crippen LogP contribution in [0, 0.1) is 0 Å². The van der Waals surface area contributed by atoms with Crippen LogP contribution in [-0.4, -0.2) is 115 Å². The van der Waals surface area contributed by atoms with E-state index in [1.807, 2.05) is 28.8 Å². The number of hydrogen-bond acceptors (Lipinski definition) is 8. The fourth-order valence-electron chi connectivity index (χ4n) is 5.47. The van der Waals surface area contributed by atoms with E-state index in [0.29, 0.717) is 36.0 Å². The summed E-state index contributed by atoms with van der Waals surface area (Å²) in [6.45, 7) is 8.04. The van der Waals surface area contributed by atoms with Crippen molar-refractivity contribution in [3.05, 3.63) is 71.9 Å². The number of morpholine rings is 1. The van der Waals surface area contributed by atoms with Crippen molar-refractivity contribution >= 4 is 34.6 Å². The zero-order valence-electron chi connectivity index (χ0n) is 25.5. The Morgan fingerprint density at radius 2 is 1.52 bits per heavy atom. The maximum Gasteiger partial charge on any atom is 0.323 e. The highest BCUT2D eigenvalue weighted by molar-refractivity contribution is 6.00. The van der Waals surface area contributed by atoms with Crippen LogP contribution in [0.4, 0.5) is 22.0 Å². The van der Waals surface area contributed by atoms with Crippen LogP contribution in [0.3, 0.4) is 0 Å². The van der Waals surface area contributed by atoms with Crippen molar-refractivity contribution in [3.63, 3.8) is 0 Å². The SMILES string of the molecule is CN1CCN(Cc2cc3c(N4CCOCC4)nc(-c4ccc(NC(=O)Nc5ccc(C(=O)N(C)C)cc5)cc4)nn3c2)CC1. The molecule has 2 N–H and O–H groups in total. The number of ether oxygens (including phenoxy) is 1. The van der Waals surface area contributed by atoms with E-state index in [9.17, 15) is 9.59 Å². The number of urea groups is 1. The molecule has 0 saturated carbocycles. The summed E-state index contributed by atoms with van der Waals surface area (Å²) in [6, 6.07) is 16.1. The maximum atomic E-state index is 12.6. The van der Waals surface area contributed by atoms with E-state index >= 15 is 0 Å². The third-order valence-electron chi connectivity index (χ3n) is 8.01. The lowest BCUT2D eigenvalue weighted by Crippen LogP contribution is -2.43. The number of nitrogens with zero attached hydrogens (tertiary/aromatic N) is 7. The molecule has 2 aromatic carbocycles. The van der Waals surface area contributed by atoms with Crippen LogP contribution in [0.2, 0.25) is 0 Å². The number of aromatic nitrogens is 3. The molecule has 3 amide bonds. The number of anilines is 3. The quantitative estimate of drug-likeness (QED) is 0.334. The maximum absolute atomic E-state index is 12.6. The molecule has 0 atom stereocenters. The summed E-state index contributed by atoms with van der Waals surface area (Å²) in [6.07, 6.45) is 2.12. The van der Waals surface area contributed by atoms with Gasteiger partial charge in [0, 0.05) is 88.6 Å². The molecule has 2 aromatic heterocycles. The first kappa shape index (κ1) is 29.5. The molecule has 2 fully saturated rings. The van der Waals surface area contributed by atoms with Crippen LogP contribution in [0.5, 0.6) is 0 Å². The van der Waals surface area contributed by atoms with Crippen molar-refractivity contribution in [1.82, 2.24) is 29.3 Å². The van der Waals surface area contributed by atoms with E-state index in [4.69, 9.17) is 14.8 Å². The van der Waals surface area contributed by atoms with Crippen molar-refractivity contribution in [3.8, 4) is 11.4 Å². The lowest BCUT2D eigenvalue weighted by Gasteiger charge is -2.32. The topological polar surface area (TPSA) is 111 Å². The Labute approximate surface area is 257 Å². The van der Waals surface area contributed by atoms with Crippen LogP contribution in [-0.2, 0) is 11.3 Å². The minimum Gasteiger partial charge on any atom is -0.378 e. The first-order valence-electron chi connectivity index (χ1n) is 15.0. The smallest absolute Gasteiger partial charge is 0.323 e. The molecule has 0 bridgehead atoms. The van der Waals surface area contributed by atoms with Gasteiger partial charge in [0.05, 0.1) is 13.2 Å². The van der Waals surface area contributed by atoms with Gasteiger partial charge in [-0.2, -0.15) is 0 Å². The molecule has 2 aliphatic heterocycles. The molecule has 0 aliphatic carbocycles. The number of fused-ring (bicyclic) bond motifs is 1. The Morgan fingerprint density at radius 1 is 0.886 bits per heavy atom. The Kier molecular flexibility index (Phi) is 8.73. The van der Waals surface area contributed by atoms with E-state index in [1.54, 1.807) is 38.4 Å². The molecule has 230 valence electrons. The summed E-state index contributed by atoms with van der Waals surface area (Å²) >= 11 is 0. The number of likely N-dealkylation sites (N-methyl/N-ethyl adjacent to an activating group) is 1. The molecule has 12 heteroatoms. The summed E-state index contributed by atoms with van der Waals surface area (Å²) < 4.78 is 7.56. The molecule has 0 radical (unpaired) electrons. The fourth-order valence-corrected chi connectivity index (χ4v) is 5.47. The molecular formula is C32H39N9O3. The molecule has 0 spiro atoms. The van der Waals surface area contributed by atoms with Gasteiger partial charge in [-0.1, -0.05) is 0 Å². The Morgan fingerprint density at radius 3 is 2.16 bits per heavy atom. The van der Waals surface area contributed by atoms with Gasteiger partial charge in [-0.25, -0.2) is 14.3 Å². The molecule has 4 heterocycles. The van der Waals surface area contributed by atoms with Gasteiger partial charge in [0.25, 0.3) is 5.91 Å². The summed E-state index contributed by atoms with van der Waals surface area (Å²) in [5.41, 5.74) is 4.85. The van der Waals surface area contributed by atoms with Crippen molar-refractivity contribution in [2.24, 2.45) is 0 Å².